The standard InChI is InChI=1S/C13H13N3O/c14-7-1-2-9-17-12-6-5-11(15)10-4-3-8-16-13(10)12/h3-6,8H,1-2,9,15H2. The number of anilines is 1. The van der Waals surface area contributed by atoms with Gasteiger partial charge >= 0.3 is 0 Å². The number of rotatable bonds is 4. The van der Waals surface area contributed by atoms with Gasteiger partial charge in [-0.2, -0.15) is 5.26 Å². The van der Waals surface area contributed by atoms with Gasteiger partial charge in [-0.05, 0) is 30.7 Å². The van der Waals surface area contributed by atoms with Gasteiger partial charge in [-0.25, -0.2) is 0 Å². The van der Waals surface area contributed by atoms with Crippen LogP contribution in [0.3, 0.4) is 0 Å². The van der Waals surface area contributed by atoms with Crippen LogP contribution in [-0.4, -0.2) is 11.6 Å². The number of unbranched alkanes of at least 4 members (excludes halogenated alkanes) is 1. The number of hydrogen-bond acceptors (Lipinski definition) is 4. The number of pyridine rings is 1. The highest BCUT2D eigenvalue weighted by atomic mass is 16.5. The van der Waals surface area contributed by atoms with E-state index in [-0.39, 0.29) is 0 Å². The minimum absolute atomic E-state index is 0.500. The van der Waals surface area contributed by atoms with Crippen molar-refractivity contribution in [3.8, 4) is 11.8 Å². The van der Waals surface area contributed by atoms with Crippen LogP contribution < -0.4 is 10.5 Å². The number of aromatic nitrogens is 1. The Kier molecular flexibility index (Phi) is 3.41. The minimum Gasteiger partial charge on any atom is -0.491 e. The molecule has 4 heteroatoms. The number of hydrogen-bond donors (Lipinski definition) is 1. The first kappa shape index (κ1) is 11.2. The fourth-order valence-electron chi connectivity index (χ4n) is 1.62. The molecule has 1 aromatic heterocycles. The van der Waals surface area contributed by atoms with Gasteiger partial charge in [-0.3, -0.25) is 4.98 Å². The highest BCUT2D eigenvalue weighted by molar-refractivity contribution is 5.94. The van der Waals surface area contributed by atoms with Crippen LogP contribution >= 0.6 is 0 Å². The molecule has 0 amide bonds. The Labute approximate surface area is 99.6 Å². The molecule has 0 saturated heterocycles. The van der Waals surface area contributed by atoms with Gasteiger partial charge in [0.1, 0.15) is 11.3 Å². The van der Waals surface area contributed by atoms with E-state index in [9.17, 15) is 0 Å². The van der Waals surface area contributed by atoms with Crippen molar-refractivity contribution in [3.63, 3.8) is 0 Å². The van der Waals surface area contributed by atoms with Crippen LogP contribution in [0.1, 0.15) is 12.8 Å². The van der Waals surface area contributed by atoms with Crippen LogP contribution in [0.4, 0.5) is 5.69 Å². The quantitative estimate of drug-likeness (QED) is 0.643. The van der Waals surface area contributed by atoms with E-state index in [0.29, 0.717) is 24.5 Å². The summed E-state index contributed by atoms with van der Waals surface area (Å²) in [5, 5.41) is 9.33. The molecule has 0 aliphatic heterocycles. The summed E-state index contributed by atoms with van der Waals surface area (Å²) in [7, 11) is 0. The Morgan fingerprint density at radius 3 is 3.06 bits per heavy atom. The second-order valence-corrected chi connectivity index (χ2v) is 3.66. The molecule has 86 valence electrons. The van der Waals surface area contributed by atoms with Gasteiger partial charge in [0.2, 0.25) is 0 Å². The molecule has 0 bridgehead atoms. The summed E-state index contributed by atoms with van der Waals surface area (Å²) >= 11 is 0. The topological polar surface area (TPSA) is 71.9 Å². The molecule has 0 aliphatic rings. The van der Waals surface area contributed by atoms with E-state index in [1.54, 1.807) is 6.20 Å². The largest absolute Gasteiger partial charge is 0.491 e. The molecule has 0 aliphatic carbocycles. The Bertz CT molecular complexity index is 560. The van der Waals surface area contributed by atoms with Crippen molar-refractivity contribution in [3.05, 3.63) is 30.5 Å². The first-order valence-corrected chi connectivity index (χ1v) is 5.46. The lowest BCUT2D eigenvalue weighted by Gasteiger charge is -2.09. The number of benzene rings is 1. The lowest BCUT2D eigenvalue weighted by atomic mass is 10.1. The molecule has 0 fully saturated rings. The molecular formula is C13H13N3O. The summed E-state index contributed by atoms with van der Waals surface area (Å²) < 4.78 is 5.61. The molecule has 1 aromatic carbocycles. The van der Waals surface area contributed by atoms with Crippen molar-refractivity contribution >= 4 is 16.6 Å². The van der Waals surface area contributed by atoms with Crippen LogP contribution in [0.15, 0.2) is 30.5 Å². The molecule has 2 rings (SSSR count). The highest BCUT2D eigenvalue weighted by Crippen LogP contribution is 2.28. The van der Waals surface area contributed by atoms with Gasteiger partial charge in [0, 0.05) is 23.7 Å². The SMILES string of the molecule is N#CCCCOc1ccc(N)c2cccnc12. The Morgan fingerprint density at radius 1 is 1.35 bits per heavy atom. The first-order valence-electron chi connectivity index (χ1n) is 5.46. The van der Waals surface area contributed by atoms with Crippen molar-refractivity contribution in [2.45, 2.75) is 12.8 Å². The molecule has 17 heavy (non-hydrogen) atoms. The van der Waals surface area contributed by atoms with Crippen LogP contribution in [0.2, 0.25) is 0 Å². The zero-order valence-corrected chi connectivity index (χ0v) is 9.39. The Hall–Kier alpha value is -2.28. The number of nitrogen functional groups attached to an aromatic ring is 1. The summed E-state index contributed by atoms with van der Waals surface area (Å²) in [4.78, 5) is 4.27. The molecule has 0 saturated carbocycles. The van der Waals surface area contributed by atoms with E-state index in [4.69, 9.17) is 15.7 Å². The van der Waals surface area contributed by atoms with Crippen molar-refractivity contribution in [2.75, 3.05) is 12.3 Å². The normalized spacial score (nSPS) is 10.1. The molecule has 0 radical (unpaired) electrons. The average Bonchev–Trinajstić information content (AvgIpc) is 2.37. The number of nitrogens with two attached hydrogens (primary N) is 1. The monoisotopic (exact) mass is 227 g/mol. The molecule has 1 heterocycles. The van der Waals surface area contributed by atoms with Gasteiger partial charge in [0.15, 0.2) is 0 Å². The maximum atomic E-state index is 8.44. The van der Waals surface area contributed by atoms with Gasteiger partial charge in [0.25, 0.3) is 0 Å². The third-order valence-electron chi connectivity index (χ3n) is 2.46. The van der Waals surface area contributed by atoms with Crippen molar-refractivity contribution in [1.29, 1.82) is 5.26 Å². The summed E-state index contributed by atoms with van der Waals surface area (Å²) in [5.41, 5.74) is 7.32. The molecule has 4 nitrogen and oxygen atoms in total. The smallest absolute Gasteiger partial charge is 0.145 e. The van der Waals surface area contributed by atoms with Crippen LogP contribution in [0.5, 0.6) is 5.75 Å². The summed E-state index contributed by atoms with van der Waals surface area (Å²) in [6.45, 7) is 0.517. The Morgan fingerprint density at radius 2 is 2.24 bits per heavy atom. The highest BCUT2D eigenvalue weighted by Gasteiger charge is 2.05. The van der Waals surface area contributed by atoms with E-state index in [1.165, 1.54) is 0 Å². The average molecular weight is 227 g/mol. The van der Waals surface area contributed by atoms with Crippen molar-refractivity contribution in [1.82, 2.24) is 4.98 Å². The number of nitriles is 1. The molecule has 0 unspecified atom stereocenters. The first-order chi connectivity index (χ1) is 8.33. The zero-order chi connectivity index (χ0) is 12.1. The number of ether oxygens (including phenoxy) is 1. The third-order valence-corrected chi connectivity index (χ3v) is 2.46. The molecule has 2 aromatic rings. The van der Waals surface area contributed by atoms with Crippen LogP contribution in [0, 0.1) is 11.3 Å². The lowest BCUT2D eigenvalue weighted by Crippen LogP contribution is -1.99. The third kappa shape index (κ3) is 2.45. The zero-order valence-electron chi connectivity index (χ0n) is 9.39. The fourth-order valence-corrected chi connectivity index (χ4v) is 1.62. The van der Waals surface area contributed by atoms with E-state index in [1.807, 2.05) is 24.3 Å². The Balaban J connectivity index is 2.23. The summed E-state index contributed by atoms with van der Waals surface area (Å²) in [6, 6.07) is 9.47. The maximum absolute atomic E-state index is 8.44. The van der Waals surface area contributed by atoms with Crippen LogP contribution in [-0.2, 0) is 0 Å². The molecule has 2 N–H and O–H groups in total. The summed E-state index contributed by atoms with van der Waals surface area (Å²) in [5.74, 6) is 0.715. The second kappa shape index (κ2) is 5.17. The van der Waals surface area contributed by atoms with Gasteiger partial charge < -0.3 is 10.5 Å². The van der Waals surface area contributed by atoms with E-state index in [0.717, 1.165) is 17.3 Å². The fraction of sp³-hybridized carbons (Fsp3) is 0.231. The predicted octanol–water partition coefficient (Wildman–Crippen LogP) is 2.50. The van der Waals surface area contributed by atoms with Crippen molar-refractivity contribution in [2.24, 2.45) is 0 Å². The van der Waals surface area contributed by atoms with Gasteiger partial charge in [-0.1, -0.05) is 0 Å². The second-order valence-electron chi connectivity index (χ2n) is 3.66. The van der Waals surface area contributed by atoms with Gasteiger partial charge in [0.05, 0.1) is 12.7 Å². The van der Waals surface area contributed by atoms with E-state index < -0.39 is 0 Å². The van der Waals surface area contributed by atoms with Crippen molar-refractivity contribution < 1.29 is 4.74 Å². The maximum Gasteiger partial charge on any atom is 0.145 e. The van der Waals surface area contributed by atoms with E-state index in [2.05, 4.69) is 11.1 Å². The predicted molar refractivity (Wildman–Crippen MR) is 66.5 cm³/mol. The van der Waals surface area contributed by atoms with Gasteiger partial charge in [-0.15, -0.1) is 0 Å². The number of nitrogens with zero attached hydrogens (tertiary/aromatic N) is 2. The van der Waals surface area contributed by atoms with Crippen LogP contribution in [0.25, 0.3) is 10.9 Å². The molecule has 0 atom stereocenters. The molecule has 0 spiro atoms. The lowest BCUT2D eigenvalue weighted by molar-refractivity contribution is 0.316. The molecular weight excluding hydrogens is 214 g/mol. The number of fused-ring (bicyclic) bond motifs is 1. The van der Waals surface area contributed by atoms with E-state index >= 15 is 0 Å². The summed E-state index contributed by atoms with van der Waals surface area (Å²) in [6.07, 6.45) is 2.93. The minimum atomic E-state index is 0.500.